The summed E-state index contributed by atoms with van der Waals surface area (Å²) in [6.45, 7) is 3.12. The van der Waals surface area contributed by atoms with E-state index in [1.165, 1.54) is 6.42 Å². The number of methoxy groups -OCH3 is 1. The van der Waals surface area contributed by atoms with Crippen LogP contribution in [0.2, 0.25) is 0 Å². The molecule has 1 amide bonds. The molecular formula is C16H25N3O2. The number of rotatable bonds is 8. The Morgan fingerprint density at radius 1 is 1.48 bits per heavy atom. The van der Waals surface area contributed by atoms with E-state index < -0.39 is 0 Å². The largest absolute Gasteiger partial charge is 0.383 e. The second-order valence-electron chi connectivity index (χ2n) is 5.48. The van der Waals surface area contributed by atoms with Crippen LogP contribution < -0.4 is 5.32 Å². The average molecular weight is 291 g/mol. The number of nitrogens with zero attached hydrogens (tertiary/aromatic N) is 2. The van der Waals surface area contributed by atoms with Gasteiger partial charge in [0.2, 0.25) is 5.91 Å². The summed E-state index contributed by atoms with van der Waals surface area (Å²) in [7, 11) is 1.67. The number of ether oxygens (including phenoxy) is 1. The highest BCUT2D eigenvalue weighted by Gasteiger charge is 2.21. The zero-order valence-electron chi connectivity index (χ0n) is 12.8. The lowest BCUT2D eigenvalue weighted by atomic mass is 10.1. The highest BCUT2D eigenvalue weighted by Crippen LogP contribution is 2.09. The molecule has 1 N–H and O–H groups in total. The molecule has 0 bridgehead atoms. The maximum Gasteiger partial charge on any atom is 0.223 e. The molecule has 2 rings (SSSR count). The van der Waals surface area contributed by atoms with Gasteiger partial charge in [0.25, 0.3) is 0 Å². The first-order valence-electron chi connectivity index (χ1n) is 7.68. The smallest absolute Gasteiger partial charge is 0.223 e. The summed E-state index contributed by atoms with van der Waals surface area (Å²) in [6.07, 6.45) is 7.20. The first-order valence-corrected chi connectivity index (χ1v) is 7.68. The molecule has 1 saturated heterocycles. The highest BCUT2D eigenvalue weighted by molar-refractivity contribution is 5.76. The van der Waals surface area contributed by atoms with Crippen molar-refractivity contribution in [2.24, 2.45) is 0 Å². The molecule has 2 heterocycles. The lowest BCUT2D eigenvalue weighted by Crippen LogP contribution is -2.42. The van der Waals surface area contributed by atoms with Gasteiger partial charge in [-0.2, -0.15) is 0 Å². The number of aryl methyl sites for hydroxylation is 1. The molecule has 21 heavy (non-hydrogen) atoms. The maximum atomic E-state index is 12.4. The lowest BCUT2D eigenvalue weighted by molar-refractivity contribution is -0.132. The standard InChI is InChI=1S/C16H25N3O2/c1-21-12-11-19(13-15-3-2-8-18-15)16(20)5-4-14-6-9-17-10-7-14/h6-7,9-10,15,18H,2-5,8,11-13H2,1H3. The van der Waals surface area contributed by atoms with Crippen molar-refractivity contribution in [3.8, 4) is 0 Å². The van der Waals surface area contributed by atoms with E-state index in [0.29, 0.717) is 25.6 Å². The first-order chi connectivity index (χ1) is 10.3. The van der Waals surface area contributed by atoms with E-state index in [9.17, 15) is 4.79 Å². The van der Waals surface area contributed by atoms with Gasteiger partial charge >= 0.3 is 0 Å². The molecule has 1 aromatic rings. The van der Waals surface area contributed by atoms with Gasteiger partial charge in [0.1, 0.15) is 0 Å². The zero-order valence-corrected chi connectivity index (χ0v) is 12.8. The van der Waals surface area contributed by atoms with E-state index in [1.54, 1.807) is 19.5 Å². The third-order valence-electron chi connectivity index (χ3n) is 3.90. The summed E-state index contributed by atoms with van der Waals surface area (Å²) in [4.78, 5) is 18.4. The van der Waals surface area contributed by atoms with Crippen LogP contribution in [0, 0.1) is 0 Å². The minimum atomic E-state index is 0.206. The van der Waals surface area contributed by atoms with Crippen LogP contribution in [0.4, 0.5) is 0 Å². The fourth-order valence-corrected chi connectivity index (χ4v) is 2.66. The molecule has 0 spiro atoms. The van der Waals surface area contributed by atoms with Crippen molar-refractivity contribution in [1.29, 1.82) is 0 Å². The zero-order chi connectivity index (χ0) is 14.9. The van der Waals surface area contributed by atoms with Gasteiger partial charge in [0, 0.05) is 45.1 Å². The van der Waals surface area contributed by atoms with Gasteiger partial charge in [0.15, 0.2) is 0 Å². The van der Waals surface area contributed by atoms with Gasteiger partial charge in [-0.05, 0) is 43.5 Å². The molecule has 0 aliphatic carbocycles. The summed E-state index contributed by atoms with van der Waals surface area (Å²) in [5, 5.41) is 3.45. The summed E-state index contributed by atoms with van der Waals surface area (Å²) < 4.78 is 5.13. The predicted molar refractivity (Wildman–Crippen MR) is 82.0 cm³/mol. The van der Waals surface area contributed by atoms with Crippen molar-refractivity contribution in [3.63, 3.8) is 0 Å². The summed E-state index contributed by atoms with van der Waals surface area (Å²) in [5.41, 5.74) is 1.16. The van der Waals surface area contributed by atoms with E-state index in [-0.39, 0.29) is 5.91 Å². The minimum absolute atomic E-state index is 0.206. The summed E-state index contributed by atoms with van der Waals surface area (Å²) in [5.74, 6) is 0.206. The number of pyridine rings is 1. The second kappa shape index (κ2) is 8.74. The Labute approximate surface area is 126 Å². The molecule has 1 atom stereocenters. The van der Waals surface area contributed by atoms with Gasteiger partial charge in [0.05, 0.1) is 6.61 Å². The van der Waals surface area contributed by atoms with Crippen molar-refractivity contribution in [2.45, 2.75) is 31.7 Å². The Balaban J connectivity index is 1.83. The van der Waals surface area contributed by atoms with E-state index >= 15 is 0 Å². The molecule has 0 aromatic carbocycles. The van der Waals surface area contributed by atoms with Crippen molar-refractivity contribution >= 4 is 5.91 Å². The lowest BCUT2D eigenvalue weighted by Gasteiger charge is -2.25. The molecule has 0 saturated carbocycles. The SMILES string of the molecule is COCCN(CC1CCCN1)C(=O)CCc1ccncc1. The highest BCUT2D eigenvalue weighted by atomic mass is 16.5. The molecule has 1 aliphatic rings. The van der Waals surface area contributed by atoms with Crippen LogP contribution in [0.1, 0.15) is 24.8 Å². The van der Waals surface area contributed by atoms with Crippen LogP contribution in [0.3, 0.4) is 0 Å². The quantitative estimate of drug-likeness (QED) is 0.783. The van der Waals surface area contributed by atoms with Crippen molar-refractivity contribution in [1.82, 2.24) is 15.2 Å². The average Bonchev–Trinajstić information content (AvgIpc) is 3.03. The number of aromatic nitrogens is 1. The second-order valence-corrected chi connectivity index (χ2v) is 5.48. The van der Waals surface area contributed by atoms with Gasteiger partial charge in [-0.25, -0.2) is 0 Å². The van der Waals surface area contributed by atoms with Crippen LogP contribution in [-0.2, 0) is 16.0 Å². The van der Waals surface area contributed by atoms with Crippen LogP contribution in [0.15, 0.2) is 24.5 Å². The molecular weight excluding hydrogens is 266 g/mol. The number of hydrogen-bond donors (Lipinski definition) is 1. The summed E-state index contributed by atoms with van der Waals surface area (Å²) >= 11 is 0. The number of amides is 1. The Morgan fingerprint density at radius 3 is 2.95 bits per heavy atom. The molecule has 5 heteroatoms. The van der Waals surface area contributed by atoms with E-state index in [4.69, 9.17) is 4.74 Å². The normalized spacial score (nSPS) is 17.9. The molecule has 0 radical (unpaired) electrons. The van der Waals surface area contributed by atoms with Crippen LogP contribution >= 0.6 is 0 Å². The maximum absolute atomic E-state index is 12.4. The first kappa shape index (κ1) is 15.9. The Morgan fingerprint density at radius 2 is 2.29 bits per heavy atom. The van der Waals surface area contributed by atoms with Gasteiger partial charge in [-0.15, -0.1) is 0 Å². The topological polar surface area (TPSA) is 54.5 Å². The van der Waals surface area contributed by atoms with Crippen molar-refractivity contribution in [2.75, 3.05) is 33.4 Å². The van der Waals surface area contributed by atoms with E-state index in [1.807, 2.05) is 17.0 Å². The van der Waals surface area contributed by atoms with Gasteiger partial charge < -0.3 is 15.0 Å². The fraction of sp³-hybridized carbons (Fsp3) is 0.625. The van der Waals surface area contributed by atoms with Crippen molar-refractivity contribution in [3.05, 3.63) is 30.1 Å². The molecule has 5 nitrogen and oxygen atoms in total. The number of hydrogen-bond acceptors (Lipinski definition) is 4. The van der Waals surface area contributed by atoms with Gasteiger partial charge in [-0.3, -0.25) is 9.78 Å². The van der Waals surface area contributed by atoms with Crippen LogP contribution in [0.25, 0.3) is 0 Å². The van der Waals surface area contributed by atoms with Crippen molar-refractivity contribution < 1.29 is 9.53 Å². The molecule has 1 fully saturated rings. The molecule has 1 aromatic heterocycles. The monoisotopic (exact) mass is 291 g/mol. The minimum Gasteiger partial charge on any atom is -0.383 e. The third-order valence-corrected chi connectivity index (χ3v) is 3.90. The van der Waals surface area contributed by atoms with Crippen LogP contribution in [-0.4, -0.2) is 55.2 Å². The molecule has 116 valence electrons. The number of carbonyl (C=O) groups is 1. The fourth-order valence-electron chi connectivity index (χ4n) is 2.66. The number of nitrogens with one attached hydrogen (secondary N) is 1. The van der Waals surface area contributed by atoms with E-state index in [2.05, 4.69) is 10.3 Å². The van der Waals surface area contributed by atoms with E-state index in [0.717, 1.165) is 31.5 Å². The number of carbonyl (C=O) groups excluding carboxylic acids is 1. The van der Waals surface area contributed by atoms with Gasteiger partial charge in [-0.1, -0.05) is 0 Å². The Hall–Kier alpha value is -1.46. The Kier molecular flexibility index (Phi) is 6.63. The molecule has 1 aliphatic heterocycles. The molecule has 1 unspecified atom stereocenters. The third kappa shape index (κ3) is 5.44. The Bertz CT molecular complexity index is 419. The predicted octanol–water partition coefficient (Wildman–Crippen LogP) is 1.24. The van der Waals surface area contributed by atoms with Crippen LogP contribution in [0.5, 0.6) is 0 Å². The summed E-state index contributed by atoms with van der Waals surface area (Å²) in [6, 6.07) is 4.36.